The number of rotatable bonds is 9. The van der Waals surface area contributed by atoms with Crippen LogP contribution in [0.3, 0.4) is 0 Å². The minimum absolute atomic E-state index is 0.0221. The summed E-state index contributed by atoms with van der Waals surface area (Å²) in [5.41, 5.74) is 1.20. The van der Waals surface area contributed by atoms with E-state index < -0.39 is 17.6 Å². The summed E-state index contributed by atoms with van der Waals surface area (Å²) < 4.78 is 29.1. The molecule has 2 N–H and O–H groups in total. The van der Waals surface area contributed by atoms with Gasteiger partial charge in [0, 0.05) is 35.5 Å². The number of aliphatic carboxylic acids is 1. The Morgan fingerprint density at radius 2 is 1.96 bits per heavy atom. The van der Waals surface area contributed by atoms with Gasteiger partial charge in [0.15, 0.2) is 0 Å². The highest BCUT2D eigenvalue weighted by Gasteiger charge is 2.20. The molecule has 0 amide bonds. The fraction of sp³-hybridized carbons (Fsp3) is 0.429. The number of nitrogens with one attached hydrogen (secondary N) is 1. The van der Waals surface area contributed by atoms with Gasteiger partial charge in [-0.1, -0.05) is 18.9 Å². The molecular formula is C21H24F2N2O2S. The molecule has 1 aliphatic carbocycles. The standard InChI is InChI=1S/C21H24F2N2O2S/c22-18-11-14(12-19(23)17(18)13-24-9-4-8-20(26)27)16-7-3-10-25-21(16)28-15-5-1-2-6-15/h3,7,10-12,15,24H,1-2,4-6,8-9,13H2,(H,26,27). The van der Waals surface area contributed by atoms with E-state index in [1.165, 1.54) is 25.0 Å². The maximum Gasteiger partial charge on any atom is 0.303 e. The molecule has 3 rings (SSSR count). The van der Waals surface area contributed by atoms with Crippen LogP contribution in [0.4, 0.5) is 8.78 Å². The van der Waals surface area contributed by atoms with Gasteiger partial charge in [-0.05, 0) is 49.6 Å². The Hall–Kier alpha value is -1.99. The Kier molecular flexibility index (Phi) is 7.39. The smallest absolute Gasteiger partial charge is 0.303 e. The van der Waals surface area contributed by atoms with Crippen molar-refractivity contribution in [3.05, 3.63) is 47.7 Å². The lowest BCUT2D eigenvalue weighted by Gasteiger charge is -2.14. The van der Waals surface area contributed by atoms with E-state index in [-0.39, 0.29) is 18.5 Å². The van der Waals surface area contributed by atoms with Gasteiger partial charge in [0.05, 0.1) is 0 Å². The Balaban J connectivity index is 1.72. The van der Waals surface area contributed by atoms with E-state index in [4.69, 9.17) is 5.11 Å². The number of carboxylic acid groups (broad SMARTS) is 1. The summed E-state index contributed by atoms with van der Waals surface area (Å²) in [4.78, 5) is 14.9. The molecule has 1 aromatic heterocycles. The molecule has 1 fully saturated rings. The highest BCUT2D eigenvalue weighted by molar-refractivity contribution is 8.00. The largest absolute Gasteiger partial charge is 0.481 e. The summed E-state index contributed by atoms with van der Waals surface area (Å²) in [6, 6.07) is 6.34. The number of halogens is 2. The average Bonchev–Trinajstić information content (AvgIpc) is 3.16. The Morgan fingerprint density at radius 1 is 1.25 bits per heavy atom. The van der Waals surface area contributed by atoms with Crippen LogP contribution in [0.1, 0.15) is 44.1 Å². The zero-order valence-electron chi connectivity index (χ0n) is 15.6. The Morgan fingerprint density at radius 3 is 2.64 bits per heavy atom. The number of pyridine rings is 1. The van der Waals surface area contributed by atoms with E-state index in [1.54, 1.807) is 24.0 Å². The second-order valence-electron chi connectivity index (χ2n) is 6.97. The van der Waals surface area contributed by atoms with Crippen LogP contribution in [0.5, 0.6) is 0 Å². The quantitative estimate of drug-likeness (QED) is 0.573. The van der Waals surface area contributed by atoms with Crippen LogP contribution in [0.25, 0.3) is 11.1 Å². The van der Waals surface area contributed by atoms with Crippen molar-refractivity contribution in [3.8, 4) is 11.1 Å². The number of carboxylic acids is 1. The number of thioether (sulfide) groups is 1. The number of aromatic nitrogens is 1. The minimum atomic E-state index is -0.883. The van der Waals surface area contributed by atoms with Crippen molar-refractivity contribution in [1.29, 1.82) is 0 Å². The van der Waals surface area contributed by atoms with Gasteiger partial charge in [0.25, 0.3) is 0 Å². The van der Waals surface area contributed by atoms with Crippen molar-refractivity contribution in [2.45, 2.75) is 55.3 Å². The lowest BCUT2D eigenvalue weighted by Crippen LogP contribution is -2.17. The zero-order chi connectivity index (χ0) is 19.9. The van der Waals surface area contributed by atoms with E-state index in [0.29, 0.717) is 23.8 Å². The molecule has 1 aliphatic rings. The van der Waals surface area contributed by atoms with Crippen LogP contribution in [0.15, 0.2) is 35.5 Å². The van der Waals surface area contributed by atoms with Crippen molar-refractivity contribution in [2.24, 2.45) is 0 Å². The van der Waals surface area contributed by atoms with Gasteiger partial charge in [-0.3, -0.25) is 4.79 Å². The molecule has 1 aromatic carbocycles. The third-order valence-electron chi connectivity index (χ3n) is 4.85. The summed E-state index contributed by atoms with van der Waals surface area (Å²) in [5, 5.41) is 12.8. The van der Waals surface area contributed by atoms with Crippen LogP contribution in [0.2, 0.25) is 0 Å². The molecule has 150 valence electrons. The van der Waals surface area contributed by atoms with Crippen LogP contribution in [-0.4, -0.2) is 27.9 Å². The first-order valence-electron chi connectivity index (χ1n) is 9.57. The molecule has 2 aromatic rings. The fourth-order valence-corrected chi connectivity index (χ4v) is 4.69. The molecule has 1 heterocycles. The van der Waals surface area contributed by atoms with Crippen LogP contribution < -0.4 is 5.32 Å². The van der Waals surface area contributed by atoms with Crippen LogP contribution >= 0.6 is 11.8 Å². The third-order valence-corrected chi connectivity index (χ3v) is 6.20. The van der Waals surface area contributed by atoms with E-state index in [0.717, 1.165) is 23.4 Å². The normalized spacial score (nSPS) is 14.5. The Bertz CT molecular complexity index is 803. The van der Waals surface area contributed by atoms with Crippen molar-refractivity contribution in [3.63, 3.8) is 0 Å². The third kappa shape index (κ3) is 5.52. The van der Waals surface area contributed by atoms with Gasteiger partial charge in [0.1, 0.15) is 16.7 Å². The van der Waals surface area contributed by atoms with Crippen molar-refractivity contribution < 1.29 is 18.7 Å². The van der Waals surface area contributed by atoms with Gasteiger partial charge in [-0.2, -0.15) is 0 Å². The number of carbonyl (C=O) groups is 1. The van der Waals surface area contributed by atoms with E-state index in [9.17, 15) is 13.6 Å². The minimum Gasteiger partial charge on any atom is -0.481 e. The van der Waals surface area contributed by atoms with E-state index >= 15 is 0 Å². The van der Waals surface area contributed by atoms with Crippen molar-refractivity contribution in [1.82, 2.24) is 10.3 Å². The molecular weight excluding hydrogens is 382 g/mol. The first kappa shape index (κ1) is 20.7. The van der Waals surface area contributed by atoms with Gasteiger partial charge in [-0.25, -0.2) is 13.8 Å². The average molecular weight is 406 g/mol. The Labute approximate surface area is 167 Å². The summed E-state index contributed by atoms with van der Waals surface area (Å²) in [6.45, 7) is 0.409. The number of nitrogens with zero attached hydrogens (tertiary/aromatic N) is 1. The fourth-order valence-electron chi connectivity index (χ4n) is 3.37. The van der Waals surface area contributed by atoms with Crippen molar-refractivity contribution in [2.75, 3.05) is 6.54 Å². The molecule has 28 heavy (non-hydrogen) atoms. The molecule has 7 heteroatoms. The molecule has 0 saturated heterocycles. The van der Waals surface area contributed by atoms with Crippen molar-refractivity contribution >= 4 is 17.7 Å². The number of benzene rings is 1. The first-order chi connectivity index (χ1) is 13.5. The maximum atomic E-state index is 14.6. The van der Waals surface area contributed by atoms with Gasteiger partial charge in [0.2, 0.25) is 0 Å². The summed E-state index contributed by atoms with van der Waals surface area (Å²) >= 11 is 1.69. The lowest BCUT2D eigenvalue weighted by molar-refractivity contribution is -0.137. The zero-order valence-corrected chi connectivity index (χ0v) is 16.4. The molecule has 0 unspecified atom stereocenters. The molecule has 4 nitrogen and oxygen atoms in total. The summed E-state index contributed by atoms with van der Waals surface area (Å²) in [7, 11) is 0. The highest BCUT2D eigenvalue weighted by atomic mass is 32.2. The van der Waals surface area contributed by atoms with Crippen LogP contribution in [-0.2, 0) is 11.3 Å². The van der Waals surface area contributed by atoms with Gasteiger partial charge < -0.3 is 10.4 Å². The molecule has 0 radical (unpaired) electrons. The second kappa shape index (κ2) is 9.98. The summed E-state index contributed by atoms with van der Waals surface area (Å²) in [6.07, 6.45) is 6.89. The molecule has 1 saturated carbocycles. The highest BCUT2D eigenvalue weighted by Crippen LogP contribution is 2.38. The maximum absolute atomic E-state index is 14.6. The first-order valence-corrected chi connectivity index (χ1v) is 10.4. The molecule has 0 aliphatic heterocycles. The van der Waals surface area contributed by atoms with Gasteiger partial charge >= 0.3 is 5.97 Å². The predicted molar refractivity (Wildman–Crippen MR) is 106 cm³/mol. The SMILES string of the molecule is O=C(O)CCCNCc1c(F)cc(-c2cccnc2SC2CCCC2)cc1F. The monoisotopic (exact) mass is 406 g/mol. The van der Waals surface area contributed by atoms with Gasteiger partial charge in [-0.15, -0.1) is 11.8 Å². The second-order valence-corrected chi connectivity index (χ2v) is 8.26. The topological polar surface area (TPSA) is 62.2 Å². The summed E-state index contributed by atoms with van der Waals surface area (Å²) in [5.74, 6) is -2.10. The number of hydrogen-bond donors (Lipinski definition) is 2. The molecule has 0 spiro atoms. The van der Waals surface area contributed by atoms with E-state index in [2.05, 4.69) is 10.3 Å². The number of hydrogen-bond acceptors (Lipinski definition) is 4. The predicted octanol–water partition coefficient (Wildman–Crippen LogP) is 5.02. The van der Waals surface area contributed by atoms with Crippen LogP contribution in [0, 0.1) is 11.6 Å². The van der Waals surface area contributed by atoms with E-state index in [1.807, 2.05) is 6.07 Å². The molecule has 0 bridgehead atoms. The lowest BCUT2D eigenvalue weighted by atomic mass is 10.0. The molecule has 0 atom stereocenters.